The molecular weight excluding hydrogens is 328 g/mol. The topological polar surface area (TPSA) is 73.6 Å². The molecule has 3 N–H and O–H groups in total. The minimum absolute atomic E-state index is 0. The van der Waals surface area contributed by atoms with Crippen molar-refractivity contribution in [2.24, 2.45) is 5.73 Å². The van der Waals surface area contributed by atoms with Crippen molar-refractivity contribution in [2.45, 2.75) is 64.9 Å². The third-order valence-corrected chi connectivity index (χ3v) is 3.75. The van der Waals surface area contributed by atoms with Gasteiger partial charge in [-0.1, -0.05) is 12.1 Å². The number of hydrogen-bond donors (Lipinski definition) is 2. The molecule has 1 saturated heterocycles. The zero-order valence-corrected chi connectivity index (χ0v) is 15.7. The number of nitrogens with one attached hydrogen (secondary N) is 1. The standard InChI is InChI=1S/C18H28N2O3.ClH/c1-12-5-6-13(16(9-12)23-18(2,3)4)11-20-17(21)15-8-7-14(10-19)22-15;/h5-6,9,14-15H,7-8,10-11,19H2,1-4H3,(H,20,21);1H/t14-,15+;/m1./s1. The monoisotopic (exact) mass is 356 g/mol. The number of halogens is 1. The molecule has 0 radical (unpaired) electrons. The van der Waals surface area contributed by atoms with Crippen LogP contribution in [0.3, 0.4) is 0 Å². The Morgan fingerprint density at radius 1 is 1.38 bits per heavy atom. The number of carbonyl (C=O) groups excluding carboxylic acids is 1. The predicted octanol–water partition coefficient (Wildman–Crippen LogP) is 2.72. The number of carbonyl (C=O) groups is 1. The Bertz CT molecular complexity index is 558. The maximum absolute atomic E-state index is 12.2. The van der Waals surface area contributed by atoms with Gasteiger partial charge in [-0.15, -0.1) is 12.4 Å². The van der Waals surface area contributed by atoms with Crippen LogP contribution in [0.25, 0.3) is 0 Å². The third kappa shape index (κ3) is 5.96. The minimum atomic E-state index is -0.388. The summed E-state index contributed by atoms with van der Waals surface area (Å²) in [5, 5.41) is 2.95. The van der Waals surface area contributed by atoms with Crippen molar-refractivity contribution >= 4 is 18.3 Å². The first-order valence-corrected chi connectivity index (χ1v) is 8.20. The normalized spacial score (nSPS) is 20.4. The molecule has 0 spiro atoms. The minimum Gasteiger partial charge on any atom is -0.488 e. The third-order valence-electron chi connectivity index (χ3n) is 3.75. The molecule has 0 saturated carbocycles. The van der Waals surface area contributed by atoms with Gasteiger partial charge in [0.05, 0.1) is 6.10 Å². The Labute approximate surface area is 150 Å². The van der Waals surface area contributed by atoms with Crippen LogP contribution in [0.4, 0.5) is 0 Å². The van der Waals surface area contributed by atoms with Gasteiger partial charge in [0.2, 0.25) is 5.91 Å². The summed E-state index contributed by atoms with van der Waals surface area (Å²) in [6.45, 7) is 8.95. The number of rotatable bonds is 5. The molecule has 1 heterocycles. The van der Waals surface area contributed by atoms with Crippen LogP contribution in [0.2, 0.25) is 0 Å². The molecule has 0 aliphatic carbocycles. The van der Waals surface area contributed by atoms with Crippen molar-refractivity contribution in [1.82, 2.24) is 5.32 Å². The van der Waals surface area contributed by atoms with Gasteiger partial charge in [0, 0.05) is 18.7 Å². The Morgan fingerprint density at radius 3 is 2.67 bits per heavy atom. The Hall–Kier alpha value is -1.30. The Morgan fingerprint density at radius 2 is 2.08 bits per heavy atom. The van der Waals surface area contributed by atoms with E-state index in [0.717, 1.165) is 29.7 Å². The fourth-order valence-corrected chi connectivity index (χ4v) is 2.60. The van der Waals surface area contributed by atoms with E-state index in [2.05, 4.69) is 5.32 Å². The smallest absolute Gasteiger partial charge is 0.249 e. The predicted molar refractivity (Wildman–Crippen MR) is 97.6 cm³/mol. The van der Waals surface area contributed by atoms with E-state index in [4.69, 9.17) is 15.2 Å². The van der Waals surface area contributed by atoms with Gasteiger partial charge < -0.3 is 20.5 Å². The quantitative estimate of drug-likeness (QED) is 0.850. The average Bonchev–Trinajstić information content (AvgIpc) is 2.93. The fourth-order valence-electron chi connectivity index (χ4n) is 2.60. The van der Waals surface area contributed by atoms with Crippen LogP contribution < -0.4 is 15.8 Å². The zero-order valence-electron chi connectivity index (χ0n) is 14.9. The van der Waals surface area contributed by atoms with Crippen LogP contribution in [0.5, 0.6) is 5.75 Å². The van der Waals surface area contributed by atoms with Gasteiger partial charge >= 0.3 is 0 Å². The van der Waals surface area contributed by atoms with E-state index >= 15 is 0 Å². The van der Waals surface area contributed by atoms with E-state index in [9.17, 15) is 4.79 Å². The molecule has 1 aromatic carbocycles. The van der Waals surface area contributed by atoms with Crippen molar-refractivity contribution in [2.75, 3.05) is 6.54 Å². The molecule has 5 nitrogen and oxygen atoms in total. The zero-order chi connectivity index (χ0) is 17.0. The Balaban J connectivity index is 0.00000288. The van der Waals surface area contributed by atoms with E-state index in [-0.39, 0.29) is 36.1 Å². The number of nitrogens with two attached hydrogens (primary N) is 1. The number of ether oxygens (including phenoxy) is 2. The Kier molecular flexibility index (Phi) is 7.52. The summed E-state index contributed by atoms with van der Waals surface area (Å²) >= 11 is 0. The van der Waals surface area contributed by atoms with E-state index in [1.807, 2.05) is 45.9 Å². The lowest BCUT2D eigenvalue weighted by molar-refractivity contribution is -0.132. The van der Waals surface area contributed by atoms with E-state index in [1.165, 1.54) is 0 Å². The van der Waals surface area contributed by atoms with Crippen LogP contribution in [0.1, 0.15) is 44.7 Å². The van der Waals surface area contributed by atoms with Gasteiger partial charge in [-0.05, 0) is 52.2 Å². The fraction of sp³-hybridized carbons (Fsp3) is 0.611. The summed E-state index contributed by atoms with van der Waals surface area (Å²) in [6, 6.07) is 6.02. The molecule has 24 heavy (non-hydrogen) atoms. The number of benzene rings is 1. The lowest BCUT2D eigenvalue weighted by Gasteiger charge is -2.24. The van der Waals surface area contributed by atoms with Crippen LogP contribution >= 0.6 is 12.4 Å². The lowest BCUT2D eigenvalue weighted by atomic mass is 10.1. The van der Waals surface area contributed by atoms with E-state index in [0.29, 0.717) is 13.1 Å². The number of aryl methyl sites for hydroxylation is 1. The molecule has 136 valence electrons. The van der Waals surface area contributed by atoms with Crippen molar-refractivity contribution in [3.8, 4) is 5.75 Å². The SMILES string of the molecule is Cc1ccc(CNC(=O)[C@@H]2CC[C@H](CN)O2)c(OC(C)(C)C)c1.Cl. The maximum Gasteiger partial charge on any atom is 0.249 e. The lowest BCUT2D eigenvalue weighted by Crippen LogP contribution is -2.35. The van der Waals surface area contributed by atoms with Crippen molar-refractivity contribution < 1.29 is 14.3 Å². The van der Waals surface area contributed by atoms with Crippen LogP contribution in [-0.4, -0.2) is 30.3 Å². The van der Waals surface area contributed by atoms with Gasteiger partial charge in [-0.25, -0.2) is 0 Å². The molecule has 1 aliphatic rings. The first-order chi connectivity index (χ1) is 10.8. The van der Waals surface area contributed by atoms with Gasteiger partial charge in [-0.3, -0.25) is 4.79 Å². The second-order valence-electron chi connectivity index (χ2n) is 7.10. The van der Waals surface area contributed by atoms with Crippen molar-refractivity contribution in [1.29, 1.82) is 0 Å². The average molecular weight is 357 g/mol. The van der Waals surface area contributed by atoms with Crippen LogP contribution in [0.15, 0.2) is 18.2 Å². The molecule has 0 aromatic heterocycles. The molecule has 2 atom stereocenters. The summed E-state index contributed by atoms with van der Waals surface area (Å²) in [5.41, 5.74) is 7.39. The number of hydrogen-bond acceptors (Lipinski definition) is 4. The molecular formula is C18H29ClN2O3. The number of amides is 1. The second kappa shape index (κ2) is 8.70. The summed E-state index contributed by atoms with van der Waals surface area (Å²) < 4.78 is 11.6. The van der Waals surface area contributed by atoms with Crippen LogP contribution in [0, 0.1) is 6.92 Å². The summed E-state index contributed by atoms with van der Waals surface area (Å²) in [7, 11) is 0. The highest BCUT2D eigenvalue weighted by Crippen LogP contribution is 2.25. The summed E-state index contributed by atoms with van der Waals surface area (Å²) in [4.78, 5) is 12.2. The first-order valence-electron chi connectivity index (χ1n) is 8.20. The van der Waals surface area contributed by atoms with Gasteiger partial charge in [0.1, 0.15) is 17.5 Å². The molecule has 1 aliphatic heterocycles. The van der Waals surface area contributed by atoms with Crippen LogP contribution in [-0.2, 0) is 16.1 Å². The van der Waals surface area contributed by atoms with Crippen molar-refractivity contribution in [3.05, 3.63) is 29.3 Å². The highest BCUT2D eigenvalue weighted by Gasteiger charge is 2.29. The molecule has 2 rings (SSSR count). The highest BCUT2D eigenvalue weighted by molar-refractivity contribution is 5.85. The largest absolute Gasteiger partial charge is 0.488 e. The molecule has 6 heteroatoms. The first kappa shape index (κ1) is 20.7. The molecule has 0 unspecified atom stereocenters. The van der Waals surface area contributed by atoms with Crippen molar-refractivity contribution in [3.63, 3.8) is 0 Å². The highest BCUT2D eigenvalue weighted by atomic mass is 35.5. The second-order valence-corrected chi connectivity index (χ2v) is 7.10. The van der Waals surface area contributed by atoms with Gasteiger partial charge in [0.15, 0.2) is 0 Å². The molecule has 1 amide bonds. The summed E-state index contributed by atoms with van der Waals surface area (Å²) in [5.74, 6) is 0.730. The van der Waals surface area contributed by atoms with Gasteiger partial charge in [-0.2, -0.15) is 0 Å². The molecule has 1 aromatic rings. The van der Waals surface area contributed by atoms with Gasteiger partial charge in [0.25, 0.3) is 0 Å². The van der Waals surface area contributed by atoms with E-state index in [1.54, 1.807) is 0 Å². The molecule has 0 bridgehead atoms. The van der Waals surface area contributed by atoms with E-state index < -0.39 is 0 Å². The maximum atomic E-state index is 12.2. The summed E-state index contributed by atoms with van der Waals surface area (Å²) in [6.07, 6.45) is 1.19. The molecule has 1 fully saturated rings.